The number of benzene rings is 1. The SMILES string of the molecule is Cc1noc2ncc(NC(=O)c3cc4nccnc4cc3F)cc12. The van der Waals surface area contributed by atoms with Gasteiger partial charge in [-0.2, -0.15) is 0 Å². The average Bonchev–Trinajstić information content (AvgIpc) is 2.95. The van der Waals surface area contributed by atoms with E-state index in [1.54, 1.807) is 13.0 Å². The number of carbonyl (C=O) groups is 1. The molecule has 1 amide bonds. The Hall–Kier alpha value is -3.42. The van der Waals surface area contributed by atoms with Gasteiger partial charge in [-0.25, -0.2) is 9.37 Å². The Labute approximate surface area is 134 Å². The van der Waals surface area contributed by atoms with E-state index in [0.717, 1.165) is 0 Å². The molecule has 24 heavy (non-hydrogen) atoms. The normalized spacial score (nSPS) is 11.1. The van der Waals surface area contributed by atoms with Crippen LogP contribution in [-0.2, 0) is 0 Å². The molecule has 0 radical (unpaired) electrons. The maximum Gasteiger partial charge on any atom is 0.258 e. The van der Waals surface area contributed by atoms with Crippen LogP contribution in [-0.4, -0.2) is 26.0 Å². The molecule has 4 rings (SSSR count). The van der Waals surface area contributed by atoms with Gasteiger partial charge in [-0.3, -0.25) is 14.8 Å². The maximum absolute atomic E-state index is 14.2. The van der Waals surface area contributed by atoms with Crippen LogP contribution in [0, 0.1) is 12.7 Å². The number of amides is 1. The molecule has 0 aliphatic rings. The van der Waals surface area contributed by atoms with Crippen LogP contribution in [0.15, 0.2) is 41.3 Å². The zero-order valence-electron chi connectivity index (χ0n) is 12.4. The first-order chi connectivity index (χ1) is 11.6. The van der Waals surface area contributed by atoms with Crippen LogP contribution in [0.2, 0.25) is 0 Å². The van der Waals surface area contributed by atoms with Gasteiger partial charge in [0.15, 0.2) is 0 Å². The minimum Gasteiger partial charge on any atom is -0.336 e. The molecule has 3 aromatic heterocycles. The number of carbonyl (C=O) groups excluding carboxylic acids is 1. The van der Waals surface area contributed by atoms with Crippen LogP contribution in [0.4, 0.5) is 10.1 Å². The molecule has 0 fully saturated rings. The predicted octanol–water partition coefficient (Wildman–Crippen LogP) is 2.87. The Kier molecular flexibility index (Phi) is 3.16. The average molecular weight is 323 g/mol. The summed E-state index contributed by atoms with van der Waals surface area (Å²) in [4.78, 5) is 24.5. The molecule has 0 spiro atoms. The molecular weight excluding hydrogens is 313 g/mol. The molecule has 0 aliphatic heterocycles. The number of halogens is 1. The number of hydrogen-bond donors (Lipinski definition) is 1. The third kappa shape index (κ3) is 2.34. The lowest BCUT2D eigenvalue weighted by atomic mass is 10.1. The Morgan fingerprint density at radius 2 is 1.88 bits per heavy atom. The van der Waals surface area contributed by atoms with E-state index >= 15 is 0 Å². The van der Waals surface area contributed by atoms with Crippen molar-refractivity contribution in [2.75, 3.05) is 5.32 Å². The molecule has 0 unspecified atom stereocenters. The van der Waals surface area contributed by atoms with E-state index in [2.05, 4.69) is 25.4 Å². The molecule has 1 N–H and O–H groups in total. The summed E-state index contributed by atoms with van der Waals surface area (Å²) in [6.07, 6.45) is 4.36. The van der Waals surface area contributed by atoms with E-state index in [1.165, 1.54) is 30.7 Å². The molecule has 4 aromatic rings. The number of aryl methyl sites for hydroxylation is 1. The molecular formula is C16H10FN5O2. The van der Waals surface area contributed by atoms with Gasteiger partial charge in [0.25, 0.3) is 11.6 Å². The summed E-state index contributed by atoms with van der Waals surface area (Å²) in [5.74, 6) is -1.27. The van der Waals surface area contributed by atoms with E-state index in [9.17, 15) is 9.18 Å². The Morgan fingerprint density at radius 3 is 2.67 bits per heavy atom. The van der Waals surface area contributed by atoms with Crippen LogP contribution < -0.4 is 5.32 Å². The summed E-state index contributed by atoms with van der Waals surface area (Å²) >= 11 is 0. The van der Waals surface area contributed by atoms with Crippen molar-refractivity contribution in [1.29, 1.82) is 0 Å². The number of hydrogen-bond acceptors (Lipinski definition) is 6. The molecule has 0 atom stereocenters. The second kappa shape index (κ2) is 5.34. The van der Waals surface area contributed by atoms with Gasteiger partial charge in [0.05, 0.1) is 39.6 Å². The number of aromatic nitrogens is 4. The van der Waals surface area contributed by atoms with Crippen LogP contribution in [0.5, 0.6) is 0 Å². The highest BCUT2D eigenvalue weighted by atomic mass is 19.1. The fourth-order valence-corrected chi connectivity index (χ4v) is 2.37. The van der Waals surface area contributed by atoms with E-state index in [0.29, 0.717) is 33.5 Å². The van der Waals surface area contributed by atoms with Gasteiger partial charge in [0, 0.05) is 18.5 Å². The highest BCUT2D eigenvalue weighted by Gasteiger charge is 2.15. The Morgan fingerprint density at radius 1 is 1.12 bits per heavy atom. The van der Waals surface area contributed by atoms with Crippen molar-refractivity contribution in [1.82, 2.24) is 20.1 Å². The lowest BCUT2D eigenvalue weighted by Gasteiger charge is -2.07. The second-order valence-corrected chi connectivity index (χ2v) is 5.18. The molecule has 7 nitrogen and oxygen atoms in total. The minimum absolute atomic E-state index is 0.120. The van der Waals surface area contributed by atoms with Crippen molar-refractivity contribution in [3.05, 3.63) is 53.9 Å². The second-order valence-electron chi connectivity index (χ2n) is 5.18. The lowest BCUT2D eigenvalue weighted by Crippen LogP contribution is -2.14. The summed E-state index contributed by atoms with van der Waals surface area (Å²) in [6, 6.07) is 4.22. The monoisotopic (exact) mass is 323 g/mol. The van der Waals surface area contributed by atoms with Crippen molar-refractivity contribution in [3.63, 3.8) is 0 Å². The zero-order chi connectivity index (χ0) is 16.7. The summed E-state index contributed by atoms with van der Waals surface area (Å²) in [6.45, 7) is 1.76. The molecule has 118 valence electrons. The molecule has 1 aromatic carbocycles. The van der Waals surface area contributed by atoms with Gasteiger partial charge in [0.1, 0.15) is 5.82 Å². The third-order valence-corrected chi connectivity index (χ3v) is 3.57. The first-order valence-corrected chi connectivity index (χ1v) is 7.05. The van der Waals surface area contributed by atoms with Crippen molar-refractivity contribution in [3.8, 4) is 0 Å². The number of nitrogens with one attached hydrogen (secondary N) is 1. The van der Waals surface area contributed by atoms with Gasteiger partial charge in [-0.15, -0.1) is 0 Å². The molecule has 3 heterocycles. The zero-order valence-corrected chi connectivity index (χ0v) is 12.4. The van der Waals surface area contributed by atoms with Gasteiger partial charge in [-0.1, -0.05) is 5.16 Å². The number of pyridine rings is 1. The highest BCUT2D eigenvalue weighted by molar-refractivity contribution is 6.06. The Balaban J connectivity index is 1.70. The van der Waals surface area contributed by atoms with Crippen molar-refractivity contribution >= 4 is 33.7 Å². The quantitative estimate of drug-likeness (QED) is 0.609. The van der Waals surface area contributed by atoms with Crippen molar-refractivity contribution in [2.24, 2.45) is 0 Å². The molecule has 0 saturated carbocycles. The summed E-state index contributed by atoms with van der Waals surface area (Å²) < 4.78 is 19.2. The van der Waals surface area contributed by atoms with E-state index in [4.69, 9.17) is 4.52 Å². The molecule has 8 heteroatoms. The van der Waals surface area contributed by atoms with Gasteiger partial charge < -0.3 is 9.84 Å². The number of fused-ring (bicyclic) bond motifs is 2. The van der Waals surface area contributed by atoms with Crippen LogP contribution in [0.25, 0.3) is 22.1 Å². The van der Waals surface area contributed by atoms with Crippen LogP contribution in [0.1, 0.15) is 16.1 Å². The third-order valence-electron chi connectivity index (χ3n) is 3.57. The molecule has 0 saturated heterocycles. The summed E-state index contributed by atoms with van der Waals surface area (Å²) in [7, 11) is 0. The standard InChI is InChI=1S/C16H10FN5O2/c1-8-10-4-9(7-20-16(10)24-22-8)21-15(23)11-5-13-14(6-12(11)17)19-3-2-18-13/h2-7H,1H3,(H,21,23). The summed E-state index contributed by atoms with van der Waals surface area (Å²) in [5.41, 5.74) is 2.14. The van der Waals surface area contributed by atoms with Crippen LogP contribution in [0.3, 0.4) is 0 Å². The minimum atomic E-state index is -0.671. The first kappa shape index (κ1) is 14.2. The smallest absolute Gasteiger partial charge is 0.258 e. The topological polar surface area (TPSA) is 93.8 Å². The van der Waals surface area contributed by atoms with E-state index in [1.807, 2.05) is 0 Å². The largest absolute Gasteiger partial charge is 0.336 e. The highest BCUT2D eigenvalue weighted by Crippen LogP contribution is 2.21. The first-order valence-electron chi connectivity index (χ1n) is 7.05. The Bertz CT molecular complexity index is 1090. The fourth-order valence-electron chi connectivity index (χ4n) is 2.37. The predicted molar refractivity (Wildman–Crippen MR) is 84.0 cm³/mol. The van der Waals surface area contributed by atoms with Gasteiger partial charge in [0.2, 0.25) is 0 Å². The van der Waals surface area contributed by atoms with Gasteiger partial charge in [-0.05, 0) is 19.1 Å². The van der Waals surface area contributed by atoms with E-state index < -0.39 is 11.7 Å². The summed E-state index contributed by atoms with van der Waals surface area (Å²) in [5, 5.41) is 7.09. The van der Waals surface area contributed by atoms with Crippen molar-refractivity contribution < 1.29 is 13.7 Å². The molecule has 0 aliphatic carbocycles. The molecule has 0 bridgehead atoms. The van der Waals surface area contributed by atoms with Crippen LogP contribution >= 0.6 is 0 Å². The van der Waals surface area contributed by atoms with Gasteiger partial charge >= 0.3 is 0 Å². The van der Waals surface area contributed by atoms with E-state index in [-0.39, 0.29) is 5.56 Å². The van der Waals surface area contributed by atoms with Crippen molar-refractivity contribution in [2.45, 2.75) is 6.92 Å². The number of rotatable bonds is 2. The fraction of sp³-hybridized carbons (Fsp3) is 0.0625. The number of nitrogens with zero attached hydrogens (tertiary/aromatic N) is 4. The number of anilines is 1. The maximum atomic E-state index is 14.2. The lowest BCUT2D eigenvalue weighted by molar-refractivity contribution is 0.102.